The molecule has 0 fully saturated rings. The van der Waals surface area contributed by atoms with Gasteiger partial charge in [0.05, 0.1) is 33.0 Å². The van der Waals surface area contributed by atoms with Gasteiger partial charge < -0.3 is 29.6 Å². The highest BCUT2D eigenvalue weighted by atomic mass is 127. The molecule has 0 aliphatic carbocycles. The minimum Gasteiger partial charge on any atom is -0.490 e. The molecule has 10 heteroatoms. The van der Waals surface area contributed by atoms with E-state index < -0.39 is 6.61 Å². The van der Waals surface area contributed by atoms with Gasteiger partial charge in [-0.15, -0.1) is 24.0 Å². The number of rotatable bonds is 13. The van der Waals surface area contributed by atoms with Crippen molar-refractivity contribution in [3.05, 3.63) is 23.8 Å². The molecule has 0 bridgehead atoms. The maximum absolute atomic E-state index is 12.8. The van der Waals surface area contributed by atoms with E-state index in [1.807, 2.05) is 6.92 Å². The van der Waals surface area contributed by atoms with Gasteiger partial charge >= 0.3 is 6.61 Å². The highest BCUT2D eigenvalue weighted by Gasteiger charge is 2.15. The zero-order valence-corrected chi connectivity index (χ0v) is 18.8. The summed E-state index contributed by atoms with van der Waals surface area (Å²) in [5.74, 6) is 0.838. The number of hydrogen-bond acceptors (Lipinski definition) is 5. The summed E-state index contributed by atoms with van der Waals surface area (Å²) < 4.78 is 45.9. The average molecular weight is 517 g/mol. The third-order valence-corrected chi connectivity index (χ3v) is 3.29. The molecule has 0 unspecified atom stereocenters. The lowest BCUT2D eigenvalue weighted by Crippen LogP contribution is -2.39. The first kappa shape index (κ1) is 26.6. The monoisotopic (exact) mass is 517 g/mol. The molecular formula is C18H30F2IN3O4. The summed E-state index contributed by atoms with van der Waals surface area (Å²) in [6, 6.07) is 4.99. The topological polar surface area (TPSA) is 73.3 Å². The molecule has 0 aliphatic heterocycles. The van der Waals surface area contributed by atoms with Crippen LogP contribution in [0.4, 0.5) is 8.78 Å². The van der Waals surface area contributed by atoms with Crippen molar-refractivity contribution < 1.29 is 27.7 Å². The summed E-state index contributed by atoms with van der Waals surface area (Å²) in [7, 11) is 1.62. The fourth-order valence-corrected chi connectivity index (χ4v) is 2.17. The lowest BCUT2D eigenvalue weighted by molar-refractivity contribution is -0.0520. The molecule has 162 valence electrons. The first-order valence-electron chi connectivity index (χ1n) is 8.90. The Bertz CT molecular complexity index is 566. The quantitative estimate of drug-likeness (QED) is 0.182. The van der Waals surface area contributed by atoms with Gasteiger partial charge in [0.1, 0.15) is 0 Å². The number of hydrogen-bond donors (Lipinski definition) is 2. The summed E-state index contributed by atoms with van der Waals surface area (Å²) in [6.45, 7) is 4.04. The van der Waals surface area contributed by atoms with Gasteiger partial charge in [0.15, 0.2) is 17.5 Å². The molecule has 0 radical (unpaired) electrons. The maximum Gasteiger partial charge on any atom is 0.387 e. The van der Waals surface area contributed by atoms with Crippen molar-refractivity contribution in [2.45, 2.75) is 27.0 Å². The number of benzene rings is 1. The van der Waals surface area contributed by atoms with Crippen LogP contribution in [0.15, 0.2) is 23.2 Å². The number of guanidine groups is 1. The third kappa shape index (κ3) is 10.8. The van der Waals surface area contributed by atoms with Crippen LogP contribution >= 0.6 is 24.0 Å². The Labute approximate surface area is 182 Å². The number of ether oxygens (including phenoxy) is 4. The van der Waals surface area contributed by atoms with Gasteiger partial charge in [-0.3, -0.25) is 0 Å². The number of alkyl halides is 2. The zero-order chi connectivity index (χ0) is 19.9. The lowest BCUT2D eigenvalue weighted by atomic mass is 10.2. The Balaban J connectivity index is 0.00000729. The van der Waals surface area contributed by atoms with E-state index in [1.165, 1.54) is 0 Å². The molecule has 1 rings (SSSR count). The molecule has 0 heterocycles. The van der Waals surface area contributed by atoms with E-state index in [0.717, 1.165) is 0 Å². The summed E-state index contributed by atoms with van der Waals surface area (Å²) in [4.78, 5) is 4.42. The highest BCUT2D eigenvalue weighted by molar-refractivity contribution is 14.0. The minimum atomic E-state index is -2.94. The fraction of sp³-hybridized carbons (Fsp3) is 0.611. The molecule has 28 heavy (non-hydrogen) atoms. The third-order valence-electron chi connectivity index (χ3n) is 3.29. The molecule has 0 saturated carbocycles. The van der Waals surface area contributed by atoms with Crippen LogP contribution in [0.1, 0.15) is 19.4 Å². The summed E-state index contributed by atoms with van der Waals surface area (Å²) in [5, 5.41) is 6.21. The van der Waals surface area contributed by atoms with Gasteiger partial charge in [0.25, 0.3) is 0 Å². The predicted octanol–water partition coefficient (Wildman–Crippen LogP) is 3.02. The van der Waals surface area contributed by atoms with Crippen LogP contribution in [0.3, 0.4) is 0 Å². The SMILES string of the molecule is CCNC(=NCc1cccc(OCC)c1OC(F)F)NCCOCCOC.I. The second-order valence-electron chi connectivity index (χ2n) is 5.28. The number of nitrogens with one attached hydrogen (secondary N) is 2. The molecule has 0 saturated heterocycles. The Kier molecular flexibility index (Phi) is 15.7. The van der Waals surface area contributed by atoms with Crippen molar-refractivity contribution in [1.82, 2.24) is 10.6 Å². The number of nitrogens with zero attached hydrogens (tertiary/aromatic N) is 1. The second-order valence-corrected chi connectivity index (χ2v) is 5.28. The van der Waals surface area contributed by atoms with Crippen LogP contribution < -0.4 is 20.1 Å². The van der Waals surface area contributed by atoms with Crippen molar-refractivity contribution in [1.29, 1.82) is 0 Å². The first-order chi connectivity index (χ1) is 13.1. The zero-order valence-electron chi connectivity index (χ0n) is 16.5. The largest absolute Gasteiger partial charge is 0.490 e. The van der Waals surface area contributed by atoms with E-state index in [4.69, 9.17) is 14.2 Å². The van der Waals surface area contributed by atoms with Crippen molar-refractivity contribution in [3.63, 3.8) is 0 Å². The fourth-order valence-electron chi connectivity index (χ4n) is 2.17. The van der Waals surface area contributed by atoms with Crippen LogP contribution in [0.25, 0.3) is 0 Å². The van der Waals surface area contributed by atoms with Crippen LogP contribution in [-0.4, -0.2) is 59.2 Å². The summed E-state index contributed by atoms with van der Waals surface area (Å²) in [6.07, 6.45) is 0. The normalized spacial score (nSPS) is 11.1. The van der Waals surface area contributed by atoms with Gasteiger partial charge in [0, 0.05) is 25.8 Å². The summed E-state index contributed by atoms with van der Waals surface area (Å²) >= 11 is 0. The highest BCUT2D eigenvalue weighted by Crippen LogP contribution is 2.33. The standard InChI is InChI=1S/C18H29F2N3O4.HI/c1-4-21-18(22-9-10-25-12-11-24-3)23-13-14-7-6-8-15(26-5-2)16(14)27-17(19)20;/h6-8,17H,4-5,9-13H2,1-3H3,(H2,21,22,23);1H. The van der Waals surface area contributed by atoms with Gasteiger partial charge in [0.2, 0.25) is 0 Å². The second kappa shape index (κ2) is 16.5. The van der Waals surface area contributed by atoms with E-state index in [1.54, 1.807) is 32.2 Å². The number of methoxy groups -OCH3 is 1. The van der Waals surface area contributed by atoms with E-state index >= 15 is 0 Å². The molecule has 1 aromatic carbocycles. The smallest absolute Gasteiger partial charge is 0.387 e. The van der Waals surface area contributed by atoms with E-state index in [0.29, 0.717) is 51.0 Å². The Morgan fingerprint density at radius 2 is 1.93 bits per heavy atom. The predicted molar refractivity (Wildman–Crippen MR) is 115 cm³/mol. The maximum atomic E-state index is 12.8. The lowest BCUT2D eigenvalue weighted by Gasteiger charge is -2.15. The average Bonchev–Trinajstić information content (AvgIpc) is 2.64. The Morgan fingerprint density at radius 3 is 2.57 bits per heavy atom. The number of aliphatic imine (C=N–C) groups is 1. The van der Waals surface area contributed by atoms with Crippen molar-refractivity contribution in [2.24, 2.45) is 4.99 Å². The van der Waals surface area contributed by atoms with Gasteiger partial charge in [-0.1, -0.05) is 12.1 Å². The van der Waals surface area contributed by atoms with E-state index in [2.05, 4.69) is 20.4 Å². The van der Waals surface area contributed by atoms with Gasteiger partial charge in [-0.2, -0.15) is 8.78 Å². The van der Waals surface area contributed by atoms with Gasteiger partial charge in [-0.25, -0.2) is 4.99 Å². The molecular weight excluding hydrogens is 487 g/mol. The first-order valence-corrected chi connectivity index (χ1v) is 8.90. The van der Waals surface area contributed by atoms with Crippen molar-refractivity contribution in [3.8, 4) is 11.5 Å². The molecule has 0 atom stereocenters. The molecule has 2 N–H and O–H groups in total. The molecule has 0 aliphatic rings. The van der Waals surface area contributed by atoms with Crippen LogP contribution in [0.5, 0.6) is 11.5 Å². The van der Waals surface area contributed by atoms with Crippen LogP contribution in [0, 0.1) is 0 Å². The van der Waals surface area contributed by atoms with Crippen LogP contribution in [-0.2, 0) is 16.0 Å². The van der Waals surface area contributed by atoms with Crippen LogP contribution in [0.2, 0.25) is 0 Å². The van der Waals surface area contributed by atoms with Crippen molar-refractivity contribution in [2.75, 3.05) is 46.6 Å². The Hall–Kier alpha value is -1.40. The molecule has 0 aromatic heterocycles. The molecule has 1 aromatic rings. The Morgan fingerprint density at radius 1 is 1.14 bits per heavy atom. The number of para-hydroxylation sites is 1. The summed E-state index contributed by atoms with van der Waals surface area (Å²) in [5.41, 5.74) is 0.509. The van der Waals surface area contributed by atoms with Crippen molar-refractivity contribution >= 4 is 29.9 Å². The van der Waals surface area contributed by atoms with E-state index in [-0.39, 0.29) is 42.0 Å². The van der Waals surface area contributed by atoms with Gasteiger partial charge in [-0.05, 0) is 19.9 Å². The minimum absolute atomic E-state index is 0. The number of halogens is 3. The molecule has 0 spiro atoms. The molecule has 0 amide bonds. The van der Waals surface area contributed by atoms with E-state index in [9.17, 15) is 8.78 Å². The molecule has 7 nitrogen and oxygen atoms in total.